The quantitative estimate of drug-likeness (QED) is 0.601. The number of aryl methyl sites for hydroxylation is 1. The van der Waals surface area contributed by atoms with Gasteiger partial charge in [0.25, 0.3) is 5.91 Å². The van der Waals surface area contributed by atoms with E-state index in [-0.39, 0.29) is 18.4 Å². The number of aromatic nitrogens is 3. The number of nitrogens with zero attached hydrogens (tertiary/aromatic N) is 4. The van der Waals surface area contributed by atoms with Gasteiger partial charge < -0.3 is 4.90 Å². The molecule has 0 bridgehead atoms. The van der Waals surface area contributed by atoms with E-state index in [9.17, 15) is 17.6 Å². The van der Waals surface area contributed by atoms with Crippen LogP contribution < -0.4 is 0 Å². The highest BCUT2D eigenvalue weighted by Gasteiger charge is 2.51. The van der Waals surface area contributed by atoms with Gasteiger partial charge in [0, 0.05) is 44.0 Å². The number of hydrogen-bond donors (Lipinski definition) is 0. The average molecular weight is 412 g/mol. The molecule has 148 valence electrons. The lowest BCUT2D eigenvalue weighted by Gasteiger charge is -2.18. The maximum atomic E-state index is 13.1. The Kier molecular flexibility index (Phi) is 3.86. The number of hydrogen-bond acceptors (Lipinski definition) is 5. The fraction of sp³-hybridized carbons (Fsp3) is 0.250. The number of amides is 1. The van der Waals surface area contributed by atoms with Gasteiger partial charge in [0.15, 0.2) is 9.84 Å². The van der Waals surface area contributed by atoms with Gasteiger partial charge >= 0.3 is 0 Å². The molecular weight excluding hydrogens is 395 g/mol. The second kappa shape index (κ2) is 6.21. The summed E-state index contributed by atoms with van der Waals surface area (Å²) < 4.78 is 40.7. The van der Waals surface area contributed by atoms with Gasteiger partial charge in [-0.3, -0.25) is 9.48 Å². The molecule has 0 spiro atoms. The highest BCUT2D eigenvalue weighted by atomic mass is 32.2. The summed E-state index contributed by atoms with van der Waals surface area (Å²) in [4.78, 5) is 18.4. The third kappa shape index (κ3) is 2.68. The Morgan fingerprint density at radius 1 is 1.14 bits per heavy atom. The Morgan fingerprint density at radius 2 is 1.93 bits per heavy atom. The van der Waals surface area contributed by atoms with E-state index < -0.39 is 21.0 Å². The number of fused-ring (bicyclic) bond motifs is 3. The maximum absolute atomic E-state index is 13.1. The summed E-state index contributed by atoms with van der Waals surface area (Å²) in [5.74, 6) is -1.09. The standard InChI is InChI=1S/C20H17FN4O3S/c1-24-16(6-7-23-24)20(26)25-10-15-14-8-12(13-3-5-19(21)22-9-13)2-4-17(14)29(27,28)18(15)11-25/h2-9,15,18H,10-11H2,1H3. The van der Waals surface area contributed by atoms with Crippen LogP contribution in [0.4, 0.5) is 4.39 Å². The van der Waals surface area contributed by atoms with Gasteiger partial charge in [-0.1, -0.05) is 6.07 Å². The van der Waals surface area contributed by atoms with Crippen molar-refractivity contribution in [1.82, 2.24) is 19.7 Å². The molecule has 9 heteroatoms. The van der Waals surface area contributed by atoms with Crippen molar-refractivity contribution in [2.24, 2.45) is 7.05 Å². The number of likely N-dealkylation sites (tertiary alicyclic amines) is 1. The first kappa shape index (κ1) is 18.0. The monoisotopic (exact) mass is 412 g/mol. The van der Waals surface area contributed by atoms with E-state index in [1.165, 1.54) is 16.9 Å². The topological polar surface area (TPSA) is 85.2 Å². The number of benzene rings is 1. The Morgan fingerprint density at radius 3 is 2.62 bits per heavy atom. The van der Waals surface area contributed by atoms with Crippen LogP contribution in [-0.4, -0.2) is 52.3 Å². The first-order valence-electron chi connectivity index (χ1n) is 9.13. The molecule has 4 heterocycles. The van der Waals surface area contributed by atoms with E-state index in [0.717, 1.165) is 5.56 Å². The molecule has 1 fully saturated rings. The van der Waals surface area contributed by atoms with E-state index in [1.807, 2.05) is 6.07 Å². The summed E-state index contributed by atoms with van der Waals surface area (Å²) in [6, 6.07) is 9.65. The van der Waals surface area contributed by atoms with Crippen molar-refractivity contribution in [2.75, 3.05) is 13.1 Å². The van der Waals surface area contributed by atoms with Crippen LogP contribution in [0, 0.1) is 5.95 Å². The molecule has 3 aromatic rings. The Bertz CT molecular complexity index is 1240. The molecule has 5 rings (SSSR count). The summed E-state index contributed by atoms with van der Waals surface area (Å²) in [5, 5.41) is 3.36. The summed E-state index contributed by atoms with van der Waals surface area (Å²) in [6.07, 6.45) is 2.96. The first-order chi connectivity index (χ1) is 13.9. The summed E-state index contributed by atoms with van der Waals surface area (Å²) in [6.45, 7) is 0.477. The molecule has 2 aliphatic heterocycles. The molecule has 2 atom stereocenters. The molecule has 2 aliphatic rings. The predicted molar refractivity (Wildman–Crippen MR) is 102 cm³/mol. The van der Waals surface area contributed by atoms with E-state index in [1.54, 1.807) is 42.4 Å². The second-order valence-corrected chi connectivity index (χ2v) is 9.50. The molecule has 7 nitrogen and oxygen atoms in total. The SMILES string of the molecule is Cn1nccc1C(=O)N1CC2c3cc(-c4ccc(F)nc4)ccc3S(=O)(=O)C2C1. The van der Waals surface area contributed by atoms with E-state index in [0.29, 0.717) is 28.3 Å². The van der Waals surface area contributed by atoms with Crippen LogP contribution in [0.1, 0.15) is 22.0 Å². The normalized spacial score (nSPS) is 21.8. The highest BCUT2D eigenvalue weighted by Crippen LogP contribution is 2.46. The largest absolute Gasteiger partial charge is 0.335 e. The van der Waals surface area contributed by atoms with Crippen LogP contribution >= 0.6 is 0 Å². The van der Waals surface area contributed by atoms with Crippen LogP contribution in [0.25, 0.3) is 11.1 Å². The van der Waals surface area contributed by atoms with Crippen molar-refractivity contribution in [1.29, 1.82) is 0 Å². The lowest BCUT2D eigenvalue weighted by atomic mass is 9.95. The Balaban J connectivity index is 1.52. The predicted octanol–water partition coefficient (Wildman–Crippen LogP) is 2.02. The molecule has 0 aliphatic carbocycles. The van der Waals surface area contributed by atoms with Crippen molar-refractivity contribution < 1.29 is 17.6 Å². The van der Waals surface area contributed by atoms with Crippen molar-refractivity contribution in [2.45, 2.75) is 16.1 Å². The second-order valence-electron chi connectivity index (χ2n) is 7.36. The molecule has 0 saturated carbocycles. The minimum Gasteiger partial charge on any atom is -0.335 e. The third-order valence-corrected chi connectivity index (χ3v) is 8.03. The minimum atomic E-state index is -3.53. The van der Waals surface area contributed by atoms with Gasteiger partial charge in [0.1, 0.15) is 5.69 Å². The Hall–Kier alpha value is -3.07. The summed E-state index contributed by atoms with van der Waals surface area (Å²) >= 11 is 0. The number of carbonyl (C=O) groups is 1. The van der Waals surface area contributed by atoms with Crippen LogP contribution in [-0.2, 0) is 16.9 Å². The molecule has 1 saturated heterocycles. The van der Waals surface area contributed by atoms with Crippen molar-refractivity contribution in [3.63, 3.8) is 0 Å². The third-order valence-electron chi connectivity index (χ3n) is 5.77. The minimum absolute atomic E-state index is 0.152. The fourth-order valence-corrected chi connectivity index (χ4v) is 6.45. The Labute approximate surface area is 166 Å². The van der Waals surface area contributed by atoms with Gasteiger partial charge in [0.2, 0.25) is 5.95 Å². The van der Waals surface area contributed by atoms with Gasteiger partial charge in [-0.05, 0) is 41.5 Å². The fourth-order valence-electron chi connectivity index (χ4n) is 4.29. The van der Waals surface area contributed by atoms with Crippen molar-refractivity contribution >= 4 is 15.7 Å². The molecule has 0 N–H and O–H groups in total. The number of sulfone groups is 1. The maximum Gasteiger partial charge on any atom is 0.272 e. The summed E-state index contributed by atoms with van der Waals surface area (Å²) in [7, 11) is -1.85. The molecule has 1 aromatic carbocycles. The van der Waals surface area contributed by atoms with E-state index in [4.69, 9.17) is 0 Å². The van der Waals surface area contributed by atoms with Crippen LogP contribution in [0.3, 0.4) is 0 Å². The van der Waals surface area contributed by atoms with Crippen molar-refractivity contribution in [3.05, 3.63) is 66.0 Å². The van der Waals surface area contributed by atoms with Gasteiger partial charge in [0.05, 0.1) is 10.1 Å². The van der Waals surface area contributed by atoms with E-state index >= 15 is 0 Å². The highest BCUT2D eigenvalue weighted by molar-refractivity contribution is 7.92. The number of halogens is 1. The molecule has 1 amide bonds. The van der Waals surface area contributed by atoms with E-state index in [2.05, 4.69) is 10.1 Å². The average Bonchev–Trinajstić information content (AvgIpc) is 3.38. The summed E-state index contributed by atoms with van der Waals surface area (Å²) in [5.41, 5.74) is 2.60. The lowest BCUT2D eigenvalue weighted by molar-refractivity contribution is 0.0780. The lowest BCUT2D eigenvalue weighted by Crippen LogP contribution is -2.32. The van der Waals surface area contributed by atoms with Gasteiger partial charge in [-0.2, -0.15) is 9.49 Å². The zero-order valence-electron chi connectivity index (χ0n) is 15.5. The van der Waals surface area contributed by atoms with Gasteiger partial charge in [-0.15, -0.1) is 0 Å². The smallest absolute Gasteiger partial charge is 0.272 e. The number of pyridine rings is 1. The zero-order valence-corrected chi connectivity index (χ0v) is 16.3. The van der Waals surface area contributed by atoms with Crippen LogP contribution in [0.5, 0.6) is 0 Å². The van der Waals surface area contributed by atoms with Crippen LogP contribution in [0.15, 0.2) is 53.7 Å². The zero-order chi connectivity index (χ0) is 20.3. The van der Waals surface area contributed by atoms with Crippen molar-refractivity contribution in [3.8, 4) is 11.1 Å². The number of rotatable bonds is 2. The number of carbonyl (C=O) groups excluding carboxylic acids is 1. The van der Waals surface area contributed by atoms with Crippen LogP contribution in [0.2, 0.25) is 0 Å². The first-order valence-corrected chi connectivity index (χ1v) is 10.7. The molecule has 2 aromatic heterocycles. The molecular formula is C20H17FN4O3S. The molecule has 29 heavy (non-hydrogen) atoms. The molecule has 0 radical (unpaired) electrons. The van der Waals surface area contributed by atoms with Gasteiger partial charge in [-0.25, -0.2) is 13.4 Å². The molecule has 2 unspecified atom stereocenters.